The Balaban J connectivity index is 1.36. The summed E-state index contributed by atoms with van der Waals surface area (Å²) in [6, 6.07) is 0.646. The summed E-state index contributed by atoms with van der Waals surface area (Å²) in [5, 5.41) is 3.02. The number of carbonyl (C=O) groups is 1. The molecule has 0 radical (unpaired) electrons. The van der Waals surface area contributed by atoms with Gasteiger partial charge >= 0.3 is 6.03 Å². The van der Waals surface area contributed by atoms with Crippen LogP contribution in [-0.2, 0) is 4.74 Å². The van der Waals surface area contributed by atoms with Crippen LogP contribution in [-0.4, -0.2) is 43.3 Å². The zero-order valence-corrected chi connectivity index (χ0v) is 11.8. The van der Waals surface area contributed by atoms with E-state index in [0.29, 0.717) is 19.2 Å². The van der Waals surface area contributed by atoms with E-state index in [1.54, 1.807) is 0 Å². The molecule has 0 spiro atoms. The molecule has 3 rings (SSSR count). The van der Waals surface area contributed by atoms with E-state index in [9.17, 15) is 4.79 Å². The van der Waals surface area contributed by atoms with Gasteiger partial charge in [0, 0.05) is 25.7 Å². The number of ether oxygens (including phenoxy) is 1. The van der Waals surface area contributed by atoms with Gasteiger partial charge in [-0.15, -0.1) is 0 Å². The highest BCUT2D eigenvalue weighted by Crippen LogP contribution is 2.36. The van der Waals surface area contributed by atoms with Crippen molar-refractivity contribution in [1.29, 1.82) is 0 Å². The predicted molar refractivity (Wildman–Crippen MR) is 74.0 cm³/mol. The first kappa shape index (κ1) is 13.2. The van der Waals surface area contributed by atoms with Crippen molar-refractivity contribution in [3.8, 4) is 0 Å². The number of nitrogens with one attached hydrogen (secondary N) is 1. The lowest BCUT2D eigenvalue weighted by Gasteiger charge is -2.37. The lowest BCUT2D eigenvalue weighted by atomic mass is 9.92. The van der Waals surface area contributed by atoms with Crippen molar-refractivity contribution >= 4 is 6.03 Å². The minimum atomic E-state index is 0.131. The average molecular weight is 266 g/mol. The van der Waals surface area contributed by atoms with Gasteiger partial charge in [0.05, 0.1) is 6.61 Å². The SMILES string of the molecule is O=C(NCCOCC1CC1)N1CCCC2CCCC21. The Morgan fingerprint density at radius 1 is 1.16 bits per heavy atom. The van der Waals surface area contributed by atoms with Crippen LogP contribution in [0.3, 0.4) is 0 Å². The molecule has 0 aromatic heterocycles. The molecule has 2 saturated carbocycles. The number of carbonyl (C=O) groups excluding carboxylic acids is 1. The molecule has 1 saturated heterocycles. The van der Waals surface area contributed by atoms with Crippen LogP contribution < -0.4 is 5.32 Å². The predicted octanol–water partition coefficient (Wildman–Crippen LogP) is 2.39. The van der Waals surface area contributed by atoms with Crippen LogP contribution in [0.4, 0.5) is 4.79 Å². The second kappa shape index (κ2) is 6.12. The summed E-state index contributed by atoms with van der Waals surface area (Å²) in [5.74, 6) is 1.57. The maximum atomic E-state index is 12.2. The molecule has 2 aliphatic carbocycles. The molecule has 0 bridgehead atoms. The molecule has 0 aromatic carbocycles. The molecular weight excluding hydrogens is 240 g/mol. The van der Waals surface area contributed by atoms with Crippen molar-refractivity contribution < 1.29 is 9.53 Å². The van der Waals surface area contributed by atoms with Crippen LogP contribution in [0, 0.1) is 11.8 Å². The first-order chi connectivity index (χ1) is 9.34. The van der Waals surface area contributed by atoms with Crippen molar-refractivity contribution in [2.45, 2.75) is 51.0 Å². The van der Waals surface area contributed by atoms with Gasteiger partial charge in [0.15, 0.2) is 0 Å². The molecule has 3 fully saturated rings. The van der Waals surface area contributed by atoms with E-state index in [1.165, 1.54) is 44.9 Å². The Hall–Kier alpha value is -0.770. The van der Waals surface area contributed by atoms with Crippen molar-refractivity contribution in [1.82, 2.24) is 10.2 Å². The van der Waals surface area contributed by atoms with E-state index in [2.05, 4.69) is 10.2 Å². The normalized spacial score (nSPS) is 30.2. The van der Waals surface area contributed by atoms with Gasteiger partial charge in [0.25, 0.3) is 0 Å². The van der Waals surface area contributed by atoms with Crippen LogP contribution in [0.2, 0.25) is 0 Å². The summed E-state index contributed by atoms with van der Waals surface area (Å²) < 4.78 is 5.55. The number of urea groups is 1. The van der Waals surface area contributed by atoms with Crippen LogP contribution in [0.15, 0.2) is 0 Å². The molecule has 2 amide bonds. The van der Waals surface area contributed by atoms with Crippen LogP contribution in [0.25, 0.3) is 0 Å². The number of rotatable bonds is 5. The maximum Gasteiger partial charge on any atom is 0.317 e. The summed E-state index contributed by atoms with van der Waals surface area (Å²) in [6.07, 6.45) is 8.96. The molecule has 2 unspecified atom stereocenters. The van der Waals surface area contributed by atoms with Gasteiger partial charge in [0.2, 0.25) is 0 Å². The summed E-state index contributed by atoms with van der Waals surface area (Å²) >= 11 is 0. The molecule has 1 N–H and O–H groups in total. The van der Waals surface area contributed by atoms with Gasteiger partial charge in [-0.25, -0.2) is 4.79 Å². The largest absolute Gasteiger partial charge is 0.379 e. The van der Waals surface area contributed by atoms with Crippen LogP contribution in [0.5, 0.6) is 0 Å². The summed E-state index contributed by atoms with van der Waals surface area (Å²) in [7, 11) is 0. The van der Waals surface area contributed by atoms with E-state index in [4.69, 9.17) is 4.74 Å². The highest BCUT2D eigenvalue weighted by Gasteiger charge is 2.37. The van der Waals surface area contributed by atoms with Crippen LogP contribution in [0.1, 0.15) is 44.9 Å². The quantitative estimate of drug-likeness (QED) is 0.776. The fourth-order valence-electron chi connectivity index (χ4n) is 3.57. The Morgan fingerprint density at radius 2 is 2.00 bits per heavy atom. The highest BCUT2D eigenvalue weighted by molar-refractivity contribution is 5.74. The first-order valence-corrected chi connectivity index (χ1v) is 7.97. The minimum Gasteiger partial charge on any atom is -0.379 e. The average Bonchev–Trinajstić information content (AvgIpc) is 3.12. The van der Waals surface area contributed by atoms with Crippen molar-refractivity contribution in [3.05, 3.63) is 0 Å². The lowest BCUT2D eigenvalue weighted by Crippen LogP contribution is -2.51. The van der Waals surface area contributed by atoms with Gasteiger partial charge < -0.3 is 15.0 Å². The van der Waals surface area contributed by atoms with E-state index in [0.717, 1.165) is 25.0 Å². The number of nitrogens with zero attached hydrogens (tertiary/aromatic N) is 1. The number of hydrogen-bond donors (Lipinski definition) is 1. The topological polar surface area (TPSA) is 41.6 Å². The first-order valence-electron chi connectivity index (χ1n) is 7.97. The smallest absolute Gasteiger partial charge is 0.317 e. The molecule has 1 aliphatic heterocycles. The van der Waals surface area contributed by atoms with Gasteiger partial charge in [-0.2, -0.15) is 0 Å². The molecule has 0 aromatic rings. The summed E-state index contributed by atoms with van der Waals surface area (Å²) in [4.78, 5) is 14.3. The van der Waals surface area contributed by atoms with E-state index in [-0.39, 0.29) is 6.03 Å². The Morgan fingerprint density at radius 3 is 2.84 bits per heavy atom. The molecule has 108 valence electrons. The third kappa shape index (κ3) is 3.41. The van der Waals surface area contributed by atoms with Crippen molar-refractivity contribution in [2.24, 2.45) is 11.8 Å². The fraction of sp³-hybridized carbons (Fsp3) is 0.933. The van der Waals surface area contributed by atoms with Gasteiger partial charge in [-0.1, -0.05) is 6.42 Å². The maximum absolute atomic E-state index is 12.2. The second-order valence-corrected chi connectivity index (χ2v) is 6.34. The van der Waals surface area contributed by atoms with Crippen molar-refractivity contribution in [3.63, 3.8) is 0 Å². The number of likely N-dealkylation sites (tertiary alicyclic amines) is 1. The third-order valence-electron chi connectivity index (χ3n) is 4.83. The van der Waals surface area contributed by atoms with Gasteiger partial charge in [-0.3, -0.25) is 0 Å². The van der Waals surface area contributed by atoms with E-state index < -0.39 is 0 Å². The molecule has 4 heteroatoms. The highest BCUT2D eigenvalue weighted by atomic mass is 16.5. The second-order valence-electron chi connectivity index (χ2n) is 6.34. The van der Waals surface area contributed by atoms with Gasteiger partial charge in [0.1, 0.15) is 0 Å². The Bertz CT molecular complexity index is 317. The van der Waals surface area contributed by atoms with Crippen molar-refractivity contribution in [2.75, 3.05) is 26.3 Å². The fourth-order valence-corrected chi connectivity index (χ4v) is 3.57. The zero-order valence-electron chi connectivity index (χ0n) is 11.8. The molecule has 1 heterocycles. The Labute approximate surface area is 115 Å². The lowest BCUT2D eigenvalue weighted by molar-refractivity contribution is 0.112. The number of hydrogen-bond acceptors (Lipinski definition) is 2. The van der Waals surface area contributed by atoms with Crippen LogP contribution >= 0.6 is 0 Å². The monoisotopic (exact) mass is 266 g/mol. The Kier molecular flexibility index (Phi) is 4.26. The standard InChI is InChI=1S/C15H26N2O2/c18-15(16-8-10-19-11-12-6-7-12)17-9-2-4-13-3-1-5-14(13)17/h12-14H,1-11H2,(H,16,18). The summed E-state index contributed by atoms with van der Waals surface area (Å²) in [5.41, 5.74) is 0. The molecule has 2 atom stereocenters. The number of fused-ring (bicyclic) bond motifs is 1. The molecule has 3 aliphatic rings. The minimum absolute atomic E-state index is 0.131. The number of amides is 2. The third-order valence-corrected chi connectivity index (χ3v) is 4.83. The molecular formula is C15H26N2O2. The summed E-state index contributed by atoms with van der Waals surface area (Å²) in [6.45, 7) is 3.13. The van der Waals surface area contributed by atoms with E-state index >= 15 is 0 Å². The number of piperidine rings is 1. The van der Waals surface area contributed by atoms with E-state index in [1.807, 2.05) is 0 Å². The zero-order chi connectivity index (χ0) is 13.1. The van der Waals surface area contributed by atoms with Gasteiger partial charge in [-0.05, 0) is 50.4 Å². The molecule has 19 heavy (non-hydrogen) atoms. The molecule has 4 nitrogen and oxygen atoms in total.